The first-order valence-electron chi connectivity index (χ1n) is 7.27. The molecule has 0 bridgehead atoms. The quantitative estimate of drug-likeness (QED) is 0.778. The molecular weight excluding hydrogens is 272 g/mol. The molecule has 2 unspecified atom stereocenters. The molecule has 1 aromatic rings. The topological polar surface area (TPSA) is 25.4 Å². The van der Waals surface area contributed by atoms with Crippen molar-refractivity contribution in [3.05, 3.63) is 23.4 Å². The monoisotopic (exact) mass is 296 g/mol. The van der Waals surface area contributed by atoms with Crippen molar-refractivity contribution in [2.24, 2.45) is 0 Å². The molecule has 3 nitrogen and oxygen atoms in total. The summed E-state index contributed by atoms with van der Waals surface area (Å²) in [5.74, 6) is 1.55. The van der Waals surface area contributed by atoms with Crippen LogP contribution in [0, 0.1) is 0 Å². The van der Waals surface area contributed by atoms with E-state index in [1.807, 2.05) is 0 Å². The first-order chi connectivity index (χ1) is 9.29. The molecule has 0 N–H and O–H groups in total. The SMILES string of the molecule is CC1CN(c2cc(CCl)cc(C(C)(C)C)n2)CC(C)O1. The second-order valence-electron chi connectivity index (χ2n) is 6.76. The van der Waals surface area contributed by atoms with Gasteiger partial charge in [0.1, 0.15) is 5.82 Å². The number of nitrogens with zero attached hydrogens (tertiary/aromatic N) is 2. The first-order valence-corrected chi connectivity index (χ1v) is 7.81. The number of halogens is 1. The minimum absolute atomic E-state index is 0.0281. The average Bonchev–Trinajstić information content (AvgIpc) is 2.36. The van der Waals surface area contributed by atoms with Crippen LogP contribution >= 0.6 is 11.6 Å². The summed E-state index contributed by atoms with van der Waals surface area (Å²) >= 11 is 6.05. The number of rotatable bonds is 2. The van der Waals surface area contributed by atoms with E-state index in [1.165, 1.54) is 0 Å². The lowest BCUT2D eigenvalue weighted by Crippen LogP contribution is -2.46. The zero-order valence-electron chi connectivity index (χ0n) is 13.1. The summed E-state index contributed by atoms with van der Waals surface area (Å²) in [7, 11) is 0. The minimum Gasteiger partial charge on any atom is -0.372 e. The smallest absolute Gasteiger partial charge is 0.129 e. The highest BCUT2D eigenvalue weighted by Crippen LogP contribution is 2.27. The van der Waals surface area contributed by atoms with Crippen molar-refractivity contribution in [1.82, 2.24) is 4.98 Å². The lowest BCUT2D eigenvalue weighted by molar-refractivity contribution is -0.00547. The molecule has 20 heavy (non-hydrogen) atoms. The van der Waals surface area contributed by atoms with E-state index in [0.717, 1.165) is 30.2 Å². The summed E-state index contributed by atoms with van der Waals surface area (Å²) in [5.41, 5.74) is 2.26. The van der Waals surface area contributed by atoms with Gasteiger partial charge in [-0.25, -0.2) is 4.98 Å². The highest BCUT2D eigenvalue weighted by atomic mass is 35.5. The summed E-state index contributed by atoms with van der Waals surface area (Å²) in [5, 5.41) is 0. The van der Waals surface area contributed by atoms with Crippen LogP contribution in [-0.4, -0.2) is 30.3 Å². The molecule has 2 atom stereocenters. The maximum Gasteiger partial charge on any atom is 0.129 e. The number of morpholine rings is 1. The standard InChI is InChI=1S/C16H25ClN2O/c1-11-9-19(10-12(2)20-11)15-7-13(8-17)6-14(18-15)16(3,4)5/h6-7,11-12H,8-10H2,1-5H3. The third-order valence-electron chi connectivity index (χ3n) is 3.54. The summed E-state index contributed by atoms with van der Waals surface area (Å²) in [6.07, 6.45) is 0.469. The van der Waals surface area contributed by atoms with Crippen molar-refractivity contribution < 1.29 is 4.74 Å². The number of aromatic nitrogens is 1. The summed E-state index contributed by atoms with van der Waals surface area (Å²) < 4.78 is 5.80. The Labute approximate surface area is 127 Å². The molecule has 0 spiro atoms. The number of hydrogen-bond donors (Lipinski definition) is 0. The molecule has 1 aromatic heterocycles. The van der Waals surface area contributed by atoms with E-state index in [2.05, 4.69) is 51.7 Å². The van der Waals surface area contributed by atoms with Gasteiger partial charge in [-0.2, -0.15) is 0 Å². The Morgan fingerprint density at radius 1 is 1.25 bits per heavy atom. The first kappa shape index (κ1) is 15.6. The van der Waals surface area contributed by atoms with Crippen LogP contribution < -0.4 is 4.90 Å². The van der Waals surface area contributed by atoms with Crippen molar-refractivity contribution in [2.75, 3.05) is 18.0 Å². The molecule has 0 amide bonds. The molecule has 1 aliphatic heterocycles. The molecule has 0 saturated carbocycles. The Morgan fingerprint density at radius 2 is 1.85 bits per heavy atom. The van der Waals surface area contributed by atoms with Gasteiger partial charge in [0, 0.05) is 30.1 Å². The normalized spacial score (nSPS) is 24.0. The van der Waals surface area contributed by atoms with Crippen LogP contribution in [0.3, 0.4) is 0 Å². The van der Waals surface area contributed by atoms with Gasteiger partial charge in [0.25, 0.3) is 0 Å². The highest BCUT2D eigenvalue weighted by molar-refractivity contribution is 6.17. The average molecular weight is 297 g/mol. The summed E-state index contributed by atoms with van der Waals surface area (Å²) in [6.45, 7) is 12.5. The van der Waals surface area contributed by atoms with Crippen LogP contribution in [0.4, 0.5) is 5.82 Å². The van der Waals surface area contributed by atoms with Crippen LogP contribution in [-0.2, 0) is 16.0 Å². The molecule has 0 aliphatic carbocycles. The second kappa shape index (κ2) is 5.90. The van der Waals surface area contributed by atoms with Crippen molar-refractivity contribution >= 4 is 17.4 Å². The van der Waals surface area contributed by atoms with E-state index in [-0.39, 0.29) is 17.6 Å². The molecule has 1 saturated heterocycles. The number of hydrogen-bond acceptors (Lipinski definition) is 3. The van der Waals surface area contributed by atoms with Crippen LogP contribution in [0.25, 0.3) is 0 Å². The van der Waals surface area contributed by atoms with E-state index in [1.54, 1.807) is 0 Å². The maximum absolute atomic E-state index is 6.05. The molecule has 112 valence electrons. The third kappa shape index (κ3) is 3.64. The van der Waals surface area contributed by atoms with Gasteiger partial charge in [0.2, 0.25) is 0 Å². The third-order valence-corrected chi connectivity index (χ3v) is 3.85. The summed E-state index contributed by atoms with van der Waals surface area (Å²) in [6, 6.07) is 4.22. The Kier molecular flexibility index (Phi) is 4.60. The van der Waals surface area contributed by atoms with Crippen LogP contribution in [0.5, 0.6) is 0 Å². The Balaban J connectivity index is 2.35. The molecule has 1 fully saturated rings. The number of ether oxygens (including phenoxy) is 1. The predicted molar refractivity (Wildman–Crippen MR) is 84.7 cm³/mol. The molecule has 2 heterocycles. The van der Waals surface area contributed by atoms with Gasteiger partial charge in [-0.3, -0.25) is 0 Å². The van der Waals surface area contributed by atoms with Crippen molar-refractivity contribution in [3.63, 3.8) is 0 Å². The maximum atomic E-state index is 6.05. The second-order valence-corrected chi connectivity index (χ2v) is 7.03. The fourth-order valence-electron chi connectivity index (χ4n) is 2.56. The van der Waals surface area contributed by atoms with Crippen molar-refractivity contribution in [2.45, 2.75) is 58.1 Å². The van der Waals surface area contributed by atoms with E-state index >= 15 is 0 Å². The molecule has 0 radical (unpaired) electrons. The number of alkyl halides is 1. The molecule has 4 heteroatoms. The van der Waals surface area contributed by atoms with Gasteiger partial charge in [0.05, 0.1) is 12.2 Å². The predicted octanol–water partition coefficient (Wildman–Crippen LogP) is 3.73. The van der Waals surface area contributed by atoms with Gasteiger partial charge in [-0.15, -0.1) is 11.6 Å². The van der Waals surface area contributed by atoms with Gasteiger partial charge in [-0.1, -0.05) is 20.8 Å². The minimum atomic E-state index is 0.0281. The van der Waals surface area contributed by atoms with E-state index in [9.17, 15) is 0 Å². The Bertz CT molecular complexity index is 460. The molecule has 1 aliphatic rings. The van der Waals surface area contributed by atoms with Crippen LogP contribution in [0.15, 0.2) is 12.1 Å². The van der Waals surface area contributed by atoms with Gasteiger partial charge < -0.3 is 9.64 Å². The van der Waals surface area contributed by atoms with Gasteiger partial charge >= 0.3 is 0 Å². The summed E-state index contributed by atoms with van der Waals surface area (Å²) in [4.78, 5) is 7.17. The Hall–Kier alpha value is -0.800. The largest absolute Gasteiger partial charge is 0.372 e. The molecule has 2 rings (SSSR count). The van der Waals surface area contributed by atoms with Gasteiger partial charge in [0.15, 0.2) is 0 Å². The number of anilines is 1. The highest BCUT2D eigenvalue weighted by Gasteiger charge is 2.25. The zero-order valence-corrected chi connectivity index (χ0v) is 13.9. The van der Waals surface area contributed by atoms with Crippen LogP contribution in [0.1, 0.15) is 45.9 Å². The van der Waals surface area contributed by atoms with Crippen LogP contribution in [0.2, 0.25) is 0 Å². The van der Waals surface area contributed by atoms with Crippen molar-refractivity contribution in [1.29, 1.82) is 0 Å². The van der Waals surface area contributed by atoms with Gasteiger partial charge in [-0.05, 0) is 31.5 Å². The molecular formula is C16H25ClN2O. The fraction of sp³-hybridized carbons (Fsp3) is 0.688. The lowest BCUT2D eigenvalue weighted by Gasteiger charge is -2.36. The Morgan fingerprint density at radius 3 is 2.35 bits per heavy atom. The zero-order chi connectivity index (χ0) is 14.9. The van der Waals surface area contributed by atoms with Crippen molar-refractivity contribution in [3.8, 4) is 0 Å². The van der Waals surface area contributed by atoms with E-state index in [4.69, 9.17) is 21.3 Å². The number of pyridine rings is 1. The molecule has 0 aromatic carbocycles. The fourth-order valence-corrected chi connectivity index (χ4v) is 2.71. The van der Waals surface area contributed by atoms with E-state index < -0.39 is 0 Å². The van der Waals surface area contributed by atoms with E-state index in [0.29, 0.717) is 5.88 Å². The lowest BCUT2D eigenvalue weighted by atomic mass is 9.91.